The van der Waals surface area contributed by atoms with Crippen LogP contribution < -0.4 is 10.6 Å². The minimum Gasteiger partial charge on any atom is -0.435 e. The number of hydrogen-bond donors (Lipinski definition) is 1. The smallest absolute Gasteiger partial charge is 0.387 e. The molecule has 8 nitrogen and oxygen atoms in total. The number of carbonyl (C=O) groups excluding carboxylic acids is 1. The zero-order valence-corrected chi connectivity index (χ0v) is 19.5. The first-order valence-corrected chi connectivity index (χ1v) is 11.8. The number of nitrogen functional groups attached to an aromatic ring is 1. The van der Waals surface area contributed by atoms with Crippen LogP contribution in [0.15, 0.2) is 59.8 Å². The molecule has 1 aromatic heterocycles. The molecular formula is C23H26F2N6O2S. The van der Waals surface area contributed by atoms with Crippen molar-refractivity contribution in [3.8, 4) is 17.1 Å². The molecule has 2 heterocycles. The van der Waals surface area contributed by atoms with Crippen LogP contribution >= 0.6 is 11.8 Å². The highest BCUT2D eigenvalue weighted by Gasteiger charge is 2.27. The fourth-order valence-electron chi connectivity index (χ4n) is 3.77. The Morgan fingerprint density at radius 3 is 2.38 bits per heavy atom. The summed E-state index contributed by atoms with van der Waals surface area (Å²) < 4.78 is 30.3. The van der Waals surface area contributed by atoms with Gasteiger partial charge in [-0.05, 0) is 36.8 Å². The van der Waals surface area contributed by atoms with Gasteiger partial charge in [-0.3, -0.25) is 9.69 Å². The van der Waals surface area contributed by atoms with Crippen molar-refractivity contribution in [3.05, 3.63) is 60.2 Å². The van der Waals surface area contributed by atoms with Gasteiger partial charge in [0.15, 0.2) is 5.82 Å². The molecule has 2 aromatic carbocycles. The van der Waals surface area contributed by atoms with Crippen LogP contribution in [0.2, 0.25) is 0 Å². The number of alkyl halides is 2. The molecule has 180 valence electrons. The predicted molar refractivity (Wildman–Crippen MR) is 126 cm³/mol. The number of halogens is 2. The van der Waals surface area contributed by atoms with Gasteiger partial charge in [-0.25, -0.2) is 4.68 Å². The van der Waals surface area contributed by atoms with Crippen LogP contribution in [0.25, 0.3) is 11.4 Å². The van der Waals surface area contributed by atoms with Gasteiger partial charge in [0, 0.05) is 38.3 Å². The molecule has 0 unspecified atom stereocenters. The first kappa shape index (κ1) is 24.0. The molecule has 1 aliphatic rings. The minimum atomic E-state index is -2.89. The normalized spacial score (nSPS) is 15.5. The summed E-state index contributed by atoms with van der Waals surface area (Å²) >= 11 is 1.24. The Bertz CT molecular complexity index is 1090. The predicted octanol–water partition coefficient (Wildman–Crippen LogP) is 3.09. The molecule has 1 saturated heterocycles. The Hall–Kier alpha value is -3.18. The van der Waals surface area contributed by atoms with Crippen LogP contribution in [0.5, 0.6) is 5.75 Å². The molecule has 1 aliphatic heterocycles. The lowest BCUT2D eigenvalue weighted by Gasteiger charge is -2.35. The zero-order valence-electron chi connectivity index (χ0n) is 18.7. The van der Waals surface area contributed by atoms with Crippen molar-refractivity contribution in [2.45, 2.75) is 30.5 Å². The van der Waals surface area contributed by atoms with E-state index in [9.17, 15) is 13.6 Å². The Labute approximate surface area is 200 Å². The average molecular weight is 489 g/mol. The summed E-state index contributed by atoms with van der Waals surface area (Å²) in [7, 11) is 0. The number of ether oxygens (including phenoxy) is 1. The van der Waals surface area contributed by atoms with Crippen LogP contribution in [0.1, 0.15) is 12.5 Å². The summed E-state index contributed by atoms with van der Waals surface area (Å²) in [5.41, 5.74) is 1.86. The monoisotopic (exact) mass is 488 g/mol. The molecule has 0 radical (unpaired) electrons. The Balaban J connectivity index is 1.32. The van der Waals surface area contributed by atoms with Gasteiger partial charge in [0.2, 0.25) is 11.1 Å². The van der Waals surface area contributed by atoms with Gasteiger partial charge < -0.3 is 15.5 Å². The lowest BCUT2D eigenvalue weighted by Crippen LogP contribution is -2.50. The molecule has 2 N–H and O–H groups in total. The third-order valence-corrected chi connectivity index (χ3v) is 6.61. The fourth-order valence-corrected chi connectivity index (χ4v) is 4.63. The van der Waals surface area contributed by atoms with E-state index in [0.717, 1.165) is 19.6 Å². The summed E-state index contributed by atoms with van der Waals surface area (Å²) in [5.74, 6) is 6.59. The summed E-state index contributed by atoms with van der Waals surface area (Å²) in [5, 5.41) is 8.22. The van der Waals surface area contributed by atoms with Crippen molar-refractivity contribution in [1.29, 1.82) is 0 Å². The van der Waals surface area contributed by atoms with E-state index in [4.69, 9.17) is 5.84 Å². The first-order chi connectivity index (χ1) is 16.4. The third kappa shape index (κ3) is 5.84. The van der Waals surface area contributed by atoms with Crippen LogP contribution in [0.3, 0.4) is 0 Å². The van der Waals surface area contributed by atoms with E-state index in [1.165, 1.54) is 34.1 Å². The number of nitrogens with zero attached hydrogens (tertiary/aromatic N) is 5. The maximum atomic E-state index is 13.0. The van der Waals surface area contributed by atoms with Crippen LogP contribution in [0, 0.1) is 0 Å². The van der Waals surface area contributed by atoms with Crippen molar-refractivity contribution < 1.29 is 18.3 Å². The number of benzene rings is 2. The Kier molecular flexibility index (Phi) is 7.63. The molecule has 1 fully saturated rings. The van der Waals surface area contributed by atoms with E-state index in [1.54, 1.807) is 12.1 Å². The number of hydrogen-bond acceptors (Lipinski definition) is 7. The maximum Gasteiger partial charge on any atom is 0.387 e. The first-order valence-electron chi connectivity index (χ1n) is 10.9. The molecule has 0 spiro atoms. The summed E-state index contributed by atoms with van der Waals surface area (Å²) in [6.07, 6.45) is 0. The Morgan fingerprint density at radius 1 is 1.06 bits per heavy atom. The third-order valence-electron chi connectivity index (χ3n) is 5.57. The van der Waals surface area contributed by atoms with Crippen molar-refractivity contribution >= 4 is 17.7 Å². The lowest BCUT2D eigenvalue weighted by molar-refractivity contribution is -0.132. The van der Waals surface area contributed by atoms with Crippen LogP contribution in [-0.4, -0.2) is 68.6 Å². The summed E-state index contributed by atoms with van der Waals surface area (Å²) in [6.45, 7) is 2.79. The van der Waals surface area contributed by atoms with E-state index in [1.807, 2.05) is 30.0 Å². The maximum absolute atomic E-state index is 13.0. The number of piperazine rings is 1. The van der Waals surface area contributed by atoms with Gasteiger partial charge in [0.1, 0.15) is 5.75 Å². The average Bonchev–Trinajstić information content (AvgIpc) is 3.19. The van der Waals surface area contributed by atoms with E-state index in [0.29, 0.717) is 29.6 Å². The highest BCUT2D eigenvalue weighted by Crippen LogP contribution is 2.27. The summed E-state index contributed by atoms with van der Waals surface area (Å²) in [6, 6.07) is 16.3. The van der Waals surface area contributed by atoms with Gasteiger partial charge in [-0.2, -0.15) is 8.78 Å². The standard InChI is InChI=1S/C23H26F2N6O2S/c1-16(21(32)30-13-11-29(12-14-30)15-17-5-3-2-4-6-17)34-23-28-27-20(31(23)26)18-7-9-19(10-8-18)33-22(24)25/h2-10,16,22H,11-15,26H2,1H3/t16-/m0/s1. The number of thioether (sulfide) groups is 1. The second kappa shape index (κ2) is 10.8. The number of carbonyl (C=O) groups is 1. The number of rotatable bonds is 8. The number of nitrogens with two attached hydrogens (primary N) is 1. The Morgan fingerprint density at radius 2 is 1.74 bits per heavy atom. The zero-order chi connectivity index (χ0) is 24.1. The molecule has 0 saturated carbocycles. The van der Waals surface area contributed by atoms with Gasteiger partial charge in [0.25, 0.3) is 0 Å². The molecule has 3 aromatic rings. The van der Waals surface area contributed by atoms with Crippen molar-refractivity contribution in [2.75, 3.05) is 32.0 Å². The molecule has 1 amide bonds. The molecule has 1 atom stereocenters. The van der Waals surface area contributed by atoms with Crippen molar-refractivity contribution in [2.24, 2.45) is 0 Å². The lowest BCUT2D eigenvalue weighted by atomic mass is 10.2. The van der Waals surface area contributed by atoms with Crippen molar-refractivity contribution in [3.63, 3.8) is 0 Å². The van der Waals surface area contributed by atoms with Crippen LogP contribution in [0.4, 0.5) is 8.78 Å². The highest BCUT2D eigenvalue weighted by atomic mass is 32.2. The highest BCUT2D eigenvalue weighted by molar-refractivity contribution is 8.00. The van der Waals surface area contributed by atoms with Gasteiger partial charge >= 0.3 is 6.61 Å². The molecule has 11 heteroatoms. The number of aromatic nitrogens is 3. The minimum absolute atomic E-state index is 0.0300. The molecule has 34 heavy (non-hydrogen) atoms. The molecule has 4 rings (SSSR count). The van der Waals surface area contributed by atoms with Gasteiger partial charge in [0.05, 0.1) is 5.25 Å². The van der Waals surface area contributed by atoms with E-state index in [2.05, 4.69) is 32.0 Å². The largest absolute Gasteiger partial charge is 0.435 e. The molecule has 0 aliphatic carbocycles. The fraction of sp³-hybridized carbons (Fsp3) is 0.348. The number of amides is 1. The van der Waals surface area contributed by atoms with Crippen molar-refractivity contribution in [1.82, 2.24) is 24.7 Å². The molecule has 0 bridgehead atoms. The quantitative estimate of drug-likeness (QED) is 0.385. The van der Waals surface area contributed by atoms with E-state index >= 15 is 0 Å². The molecular weight excluding hydrogens is 462 g/mol. The van der Waals surface area contributed by atoms with E-state index < -0.39 is 6.61 Å². The second-order valence-electron chi connectivity index (χ2n) is 7.93. The van der Waals surface area contributed by atoms with E-state index in [-0.39, 0.29) is 16.9 Å². The van der Waals surface area contributed by atoms with Gasteiger partial charge in [-0.1, -0.05) is 42.1 Å². The second-order valence-corrected chi connectivity index (χ2v) is 9.23. The topological polar surface area (TPSA) is 89.5 Å². The summed E-state index contributed by atoms with van der Waals surface area (Å²) in [4.78, 5) is 17.2. The van der Waals surface area contributed by atoms with Gasteiger partial charge in [-0.15, -0.1) is 10.2 Å². The van der Waals surface area contributed by atoms with Crippen LogP contribution in [-0.2, 0) is 11.3 Å². The SMILES string of the molecule is C[C@H](Sc1nnc(-c2ccc(OC(F)F)cc2)n1N)C(=O)N1CCN(Cc2ccccc2)CC1.